The van der Waals surface area contributed by atoms with E-state index in [0.29, 0.717) is 12.8 Å². The summed E-state index contributed by atoms with van der Waals surface area (Å²) in [5.41, 5.74) is -1.99. The van der Waals surface area contributed by atoms with E-state index in [1.165, 1.54) is 6.07 Å². The summed E-state index contributed by atoms with van der Waals surface area (Å²) in [7, 11) is 0. The molecule has 2 amide bonds. The molecule has 1 aromatic carbocycles. The van der Waals surface area contributed by atoms with Gasteiger partial charge < -0.3 is 10.6 Å². The predicted molar refractivity (Wildman–Crippen MR) is 88.0 cm³/mol. The molecule has 1 heterocycles. The Labute approximate surface area is 148 Å². The molecule has 132 valence electrons. The van der Waals surface area contributed by atoms with Gasteiger partial charge >= 0.3 is 6.03 Å². The first-order valence-corrected chi connectivity index (χ1v) is 8.79. The van der Waals surface area contributed by atoms with Crippen LogP contribution in [0, 0.1) is 29.5 Å². The van der Waals surface area contributed by atoms with Crippen LogP contribution in [0.2, 0.25) is 0 Å². The van der Waals surface area contributed by atoms with Gasteiger partial charge in [0.05, 0.1) is 5.88 Å². The molecule has 1 atom stereocenters. The number of urea groups is 1. The van der Waals surface area contributed by atoms with Crippen LogP contribution >= 0.6 is 11.6 Å². The molecule has 7 heteroatoms. The van der Waals surface area contributed by atoms with Crippen LogP contribution < -0.4 is 10.6 Å². The second-order valence-corrected chi connectivity index (χ2v) is 7.16. The lowest BCUT2D eigenvalue weighted by Crippen LogP contribution is -2.61. The Morgan fingerprint density at radius 1 is 1.28 bits per heavy atom. The zero-order valence-corrected chi connectivity index (χ0v) is 14.0. The molecule has 0 unspecified atom stereocenters. The van der Waals surface area contributed by atoms with Crippen molar-refractivity contribution in [1.82, 2.24) is 5.32 Å². The summed E-state index contributed by atoms with van der Waals surface area (Å²) < 4.78 is 44.9. The third-order valence-electron chi connectivity index (χ3n) is 4.91. The van der Waals surface area contributed by atoms with Crippen molar-refractivity contribution in [2.75, 3.05) is 5.32 Å². The van der Waals surface area contributed by atoms with Crippen molar-refractivity contribution < 1.29 is 18.0 Å². The van der Waals surface area contributed by atoms with E-state index in [9.17, 15) is 9.18 Å². The van der Waals surface area contributed by atoms with Crippen LogP contribution in [-0.4, -0.2) is 12.0 Å². The number of carbonyl (C=O) groups excluding carboxylic acids is 1. The van der Waals surface area contributed by atoms with Crippen molar-refractivity contribution in [3.63, 3.8) is 0 Å². The number of fused-ring (bicyclic) bond motifs is 1. The fraction of sp³-hybridized carbons (Fsp3) is 0.500. The van der Waals surface area contributed by atoms with Crippen LogP contribution in [0.3, 0.4) is 0 Å². The second-order valence-electron chi connectivity index (χ2n) is 6.89. The summed E-state index contributed by atoms with van der Waals surface area (Å²) in [6, 6.07) is 1.56. The molecule has 1 aromatic rings. The van der Waals surface area contributed by atoms with Crippen molar-refractivity contribution in [2.24, 2.45) is 11.8 Å². The molecule has 0 aromatic heterocycles. The predicted octanol–water partition coefficient (Wildman–Crippen LogP) is 4.35. The van der Waals surface area contributed by atoms with Crippen molar-refractivity contribution in [2.45, 2.75) is 43.0 Å². The van der Waals surface area contributed by atoms with Gasteiger partial charge in [-0.15, -0.1) is 11.6 Å². The molecular formula is C18H16ClF3N2O. The normalized spacial score (nSPS) is 25.4. The van der Waals surface area contributed by atoms with Gasteiger partial charge in [0.2, 0.25) is 0 Å². The number of halogens is 4. The second kappa shape index (κ2) is 5.57. The van der Waals surface area contributed by atoms with E-state index < -0.39 is 29.2 Å². The average molecular weight is 369 g/mol. The molecule has 2 fully saturated rings. The number of anilines is 1. The van der Waals surface area contributed by atoms with E-state index in [1.807, 2.05) is 0 Å². The number of carbonyl (C=O) groups is 1. The number of alkyl halides is 3. The van der Waals surface area contributed by atoms with Gasteiger partial charge in [-0.05, 0) is 37.8 Å². The summed E-state index contributed by atoms with van der Waals surface area (Å²) >= 11 is 5.70. The minimum absolute atomic E-state index is 0.0384. The van der Waals surface area contributed by atoms with Crippen LogP contribution in [0.5, 0.6) is 0 Å². The Balaban J connectivity index is 1.93. The standard InChI is InChI=1S/C18H16ClF3N2O/c19-9-11-7-15-13(8-14(11)20)17(24-16(25)23-15,6-5-10-1-2-10)18(21,22)12-3-4-12/h7-8,10,12H,1-4,9H2,(H2,23,24,25)/t17-/m0/s1. The molecule has 2 aliphatic carbocycles. The molecule has 4 rings (SSSR count). The molecule has 2 saturated carbocycles. The van der Waals surface area contributed by atoms with Gasteiger partial charge in [-0.1, -0.05) is 11.8 Å². The maximum absolute atomic E-state index is 15.3. The van der Waals surface area contributed by atoms with Gasteiger partial charge in [0.1, 0.15) is 5.82 Å². The molecule has 2 N–H and O–H groups in total. The molecule has 3 aliphatic rings. The first-order chi connectivity index (χ1) is 11.9. The van der Waals surface area contributed by atoms with E-state index >= 15 is 8.78 Å². The Kier molecular flexibility index (Phi) is 3.69. The van der Waals surface area contributed by atoms with Crippen molar-refractivity contribution in [3.05, 3.63) is 29.1 Å². The molecular weight excluding hydrogens is 353 g/mol. The van der Waals surface area contributed by atoms with Crippen LogP contribution in [0.4, 0.5) is 23.7 Å². The molecule has 25 heavy (non-hydrogen) atoms. The molecule has 3 nitrogen and oxygen atoms in total. The summed E-state index contributed by atoms with van der Waals surface area (Å²) in [6.07, 6.45) is 2.44. The molecule has 0 saturated heterocycles. The Morgan fingerprint density at radius 2 is 2.00 bits per heavy atom. The lowest BCUT2D eigenvalue weighted by molar-refractivity contribution is -0.0847. The van der Waals surface area contributed by atoms with Crippen LogP contribution in [-0.2, 0) is 11.4 Å². The minimum atomic E-state index is -3.30. The van der Waals surface area contributed by atoms with Crippen LogP contribution in [0.1, 0.15) is 36.8 Å². The smallest absolute Gasteiger partial charge is 0.312 e. The highest BCUT2D eigenvalue weighted by Gasteiger charge is 2.64. The quantitative estimate of drug-likeness (QED) is 0.604. The first-order valence-electron chi connectivity index (χ1n) is 8.26. The Bertz CT molecular complexity index is 809. The van der Waals surface area contributed by atoms with E-state index in [-0.39, 0.29) is 28.6 Å². The van der Waals surface area contributed by atoms with Gasteiger partial charge in [-0.25, -0.2) is 18.0 Å². The molecule has 0 spiro atoms. The fourth-order valence-corrected chi connectivity index (χ4v) is 3.37. The van der Waals surface area contributed by atoms with Gasteiger partial charge in [-0.2, -0.15) is 0 Å². The number of hydrogen-bond acceptors (Lipinski definition) is 1. The minimum Gasteiger partial charge on any atom is -0.312 e. The first kappa shape index (κ1) is 16.6. The summed E-state index contributed by atoms with van der Waals surface area (Å²) in [4.78, 5) is 12.1. The molecule has 0 radical (unpaired) electrons. The highest BCUT2D eigenvalue weighted by Crippen LogP contribution is 2.54. The van der Waals surface area contributed by atoms with E-state index in [2.05, 4.69) is 22.5 Å². The van der Waals surface area contributed by atoms with Gasteiger partial charge in [0.25, 0.3) is 5.92 Å². The highest BCUT2D eigenvalue weighted by molar-refractivity contribution is 6.17. The van der Waals surface area contributed by atoms with Crippen molar-refractivity contribution >= 4 is 23.3 Å². The molecule has 1 aliphatic heterocycles. The lowest BCUT2D eigenvalue weighted by Gasteiger charge is -2.41. The third-order valence-corrected chi connectivity index (χ3v) is 5.20. The summed E-state index contributed by atoms with van der Waals surface area (Å²) in [5, 5.41) is 4.80. The maximum Gasteiger partial charge on any atom is 0.320 e. The number of hydrogen-bond donors (Lipinski definition) is 2. The zero-order valence-electron chi connectivity index (χ0n) is 13.3. The maximum atomic E-state index is 15.3. The topological polar surface area (TPSA) is 41.1 Å². The summed E-state index contributed by atoms with van der Waals surface area (Å²) in [6.45, 7) is 0. The number of nitrogens with one attached hydrogen (secondary N) is 2. The average Bonchev–Trinajstić information content (AvgIpc) is 3.45. The Hall–Kier alpha value is -1.87. The summed E-state index contributed by atoms with van der Waals surface area (Å²) in [5.74, 6) is 0.572. The van der Waals surface area contributed by atoms with Gasteiger partial charge in [0, 0.05) is 28.7 Å². The highest BCUT2D eigenvalue weighted by atomic mass is 35.5. The monoisotopic (exact) mass is 368 g/mol. The number of amides is 2. The van der Waals surface area contributed by atoms with Gasteiger partial charge in [-0.3, -0.25) is 0 Å². The van der Waals surface area contributed by atoms with Gasteiger partial charge in [0.15, 0.2) is 5.54 Å². The SMILES string of the molecule is O=C1Nc2cc(CCl)c(F)cc2[C@@](C#CC2CC2)(C(F)(F)C2CC2)N1. The number of rotatable bonds is 3. The van der Waals surface area contributed by atoms with Crippen LogP contribution in [0.15, 0.2) is 12.1 Å². The number of benzene rings is 1. The van der Waals surface area contributed by atoms with Crippen molar-refractivity contribution in [3.8, 4) is 11.8 Å². The fourth-order valence-electron chi connectivity index (χ4n) is 3.16. The Morgan fingerprint density at radius 3 is 2.60 bits per heavy atom. The lowest BCUT2D eigenvalue weighted by atomic mass is 9.79. The third kappa shape index (κ3) is 2.65. The zero-order chi connectivity index (χ0) is 17.8. The largest absolute Gasteiger partial charge is 0.320 e. The molecule has 0 bridgehead atoms. The van der Waals surface area contributed by atoms with E-state index in [4.69, 9.17) is 11.6 Å². The van der Waals surface area contributed by atoms with Crippen LogP contribution in [0.25, 0.3) is 0 Å². The van der Waals surface area contributed by atoms with E-state index in [0.717, 1.165) is 18.9 Å². The van der Waals surface area contributed by atoms with Crippen molar-refractivity contribution in [1.29, 1.82) is 0 Å². The van der Waals surface area contributed by atoms with E-state index in [1.54, 1.807) is 0 Å².